The molecule has 1 aliphatic rings. The minimum Gasteiger partial charge on any atom is -0.369 e. The molecule has 11 heteroatoms. The first kappa shape index (κ1) is 20.5. The number of nitrogens with one attached hydrogen (secondary N) is 3. The molecule has 154 valence electrons. The summed E-state index contributed by atoms with van der Waals surface area (Å²) in [5.41, 5.74) is 7.70. The van der Waals surface area contributed by atoms with Crippen LogP contribution in [0, 0.1) is 17.0 Å². The Kier molecular flexibility index (Phi) is 6.01. The summed E-state index contributed by atoms with van der Waals surface area (Å²) in [4.78, 5) is 42.6. The van der Waals surface area contributed by atoms with Crippen molar-refractivity contribution in [2.45, 2.75) is 19.4 Å². The Bertz CT molecular complexity index is 1060. The lowest BCUT2D eigenvalue weighted by Crippen LogP contribution is -2.32. The Labute approximate surface area is 171 Å². The SMILES string of the molecule is Cc1cccc(N/C(N)=N/C2=NC(CC(=O)Nc3cccc([N+](=O)[O-])c3)C(=O)N2)c1. The Morgan fingerprint density at radius 1 is 1.23 bits per heavy atom. The lowest BCUT2D eigenvalue weighted by atomic mass is 10.2. The van der Waals surface area contributed by atoms with Crippen LogP contribution in [0.15, 0.2) is 58.5 Å². The molecule has 1 heterocycles. The van der Waals surface area contributed by atoms with Gasteiger partial charge in [-0.25, -0.2) is 4.99 Å². The van der Waals surface area contributed by atoms with Gasteiger partial charge < -0.3 is 16.4 Å². The molecular formula is C19H19N7O4. The summed E-state index contributed by atoms with van der Waals surface area (Å²) in [5, 5.41) is 18.7. The number of hydrogen-bond donors (Lipinski definition) is 4. The fourth-order valence-corrected chi connectivity index (χ4v) is 2.72. The molecule has 2 amide bonds. The quantitative estimate of drug-likeness (QED) is 0.253. The average molecular weight is 409 g/mol. The number of nitrogens with zero attached hydrogens (tertiary/aromatic N) is 3. The maximum absolute atomic E-state index is 12.2. The van der Waals surface area contributed by atoms with Gasteiger partial charge in [-0.15, -0.1) is 0 Å². The monoisotopic (exact) mass is 409 g/mol. The van der Waals surface area contributed by atoms with Crippen LogP contribution in [0.2, 0.25) is 0 Å². The lowest BCUT2D eigenvalue weighted by Gasteiger charge is -2.06. The third-order valence-electron chi connectivity index (χ3n) is 4.05. The highest BCUT2D eigenvalue weighted by molar-refractivity contribution is 6.11. The smallest absolute Gasteiger partial charge is 0.271 e. The summed E-state index contributed by atoms with van der Waals surface area (Å²) in [7, 11) is 0. The largest absolute Gasteiger partial charge is 0.369 e. The van der Waals surface area contributed by atoms with Crippen LogP contribution in [-0.2, 0) is 9.59 Å². The fraction of sp³-hybridized carbons (Fsp3) is 0.158. The molecule has 1 atom stereocenters. The Hall–Kier alpha value is -4.28. The number of guanidine groups is 2. The summed E-state index contributed by atoms with van der Waals surface area (Å²) >= 11 is 0. The summed E-state index contributed by atoms with van der Waals surface area (Å²) in [6.07, 6.45) is -0.251. The zero-order chi connectivity index (χ0) is 21.7. The maximum Gasteiger partial charge on any atom is 0.271 e. The van der Waals surface area contributed by atoms with Crippen LogP contribution in [0.4, 0.5) is 17.1 Å². The molecule has 0 bridgehead atoms. The zero-order valence-electron chi connectivity index (χ0n) is 16.0. The highest BCUT2D eigenvalue weighted by Gasteiger charge is 2.28. The third kappa shape index (κ3) is 5.38. The molecule has 0 saturated heterocycles. The molecule has 3 rings (SSSR count). The van der Waals surface area contributed by atoms with Gasteiger partial charge in [0.05, 0.1) is 11.3 Å². The molecule has 1 unspecified atom stereocenters. The molecule has 0 aromatic heterocycles. The van der Waals surface area contributed by atoms with Crippen molar-refractivity contribution >= 4 is 40.8 Å². The molecule has 11 nitrogen and oxygen atoms in total. The van der Waals surface area contributed by atoms with Crippen LogP contribution >= 0.6 is 0 Å². The molecule has 0 spiro atoms. The molecule has 0 fully saturated rings. The van der Waals surface area contributed by atoms with E-state index in [1.165, 1.54) is 24.3 Å². The van der Waals surface area contributed by atoms with Gasteiger partial charge in [0.15, 0.2) is 0 Å². The number of amides is 2. The van der Waals surface area contributed by atoms with Crippen LogP contribution in [0.3, 0.4) is 0 Å². The molecule has 2 aromatic carbocycles. The van der Waals surface area contributed by atoms with Crippen LogP contribution in [-0.4, -0.2) is 34.7 Å². The van der Waals surface area contributed by atoms with Crippen molar-refractivity contribution in [3.8, 4) is 0 Å². The van der Waals surface area contributed by atoms with E-state index in [0.717, 1.165) is 11.3 Å². The fourth-order valence-electron chi connectivity index (χ4n) is 2.72. The van der Waals surface area contributed by atoms with Gasteiger partial charge in [0, 0.05) is 23.5 Å². The van der Waals surface area contributed by atoms with Gasteiger partial charge in [-0.05, 0) is 30.7 Å². The summed E-state index contributed by atoms with van der Waals surface area (Å²) in [6, 6.07) is 12.0. The third-order valence-corrected chi connectivity index (χ3v) is 4.05. The van der Waals surface area contributed by atoms with E-state index in [1.807, 2.05) is 31.2 Å². The second-order valence-electron chi connectivity index (χ2n) is 6.51. The minimum absolute atomic E-state index is 0.00852. The number of hydrogen-bond acceptors (Lipinski definition) is 6. The number of non-ortho nitro benzene ring substituents is 1. The zero-order valence-corrected chi connectivity index (χ0v) is 16.0. The number of nitro benzene ring substituents is 1. The number of carbonyl (C=O) groups excluding carboxylic acids is 2. The van der Waals surface area contributed by atoms with Crippen LogP contribution < -0.4 is 21.7 Å². The Morgan fingerprint density at radius 2 is 1.93 bits per heavy atom. The molecule has 5 N–H and O–H groups in total. The van der Waals surface area contributed by atoms with Gasteiger partial charge in [0.2, 0.25) is 17.8 Å². The van der Waals surface area contributed by atoms with E-state index in [2.05, 4.69) is 25.9 Å². The minimum atomic E-state index is -0.978. The van der Waals surface area contributed by atoms with E-state index < -0.39 is 22.8 Å². The van der Waals surface area contributed by atoms with Gasteiger partial charge in [0.1, 0.15) is 6.04 Å². The van der Waals surface area contributed by atoms with Crippen LogP contribution in [0.25, 0.3) is 0 Å². The molecule has 2 aromatic rings. The number of benzene rings is 2. The summed E-state index contributed by atoms with van der Waals surface area (Å²) in [6.45, 7) is 1.93. The van der Waals surface area contributed by atoms with E-state index in [1.54, 1.807) is 0 Å². The number of aliphatic imine (C=N–C) groups is 2. The van der Waals surface area contributed by atoms with Crippen molar-refractivity contribution in [2.75, 3.05) is 10.6 Å². The summed E-state index contributed by atoms with van der Waals surface area (Å²) < 4.78 is 0. The number of anilines is 2. The van der Waals surface area contributed by atoms with E-state index >= 15 is 0 Å². The second-order valence-corrected chi connectivity index (χ2v) is 6.51. The highest BCUT2D eigenvalue weighted by Crippen LogP contribution is 2.18. The predicted octanol–water partition coefficient (Wildman–Crippen LogP) is 1.51. The van der Waals surface area contributed by atoms with Crippen molar-refractivity contribution < 1.29 is 14.5 Å². The Balaban J connectivity index is 1.61. The van der Waals surface area contributed by atoms with Crippen LogP contribution in [0.5, 0.6) is 0 Å². The van der Waals surface area contributed by atoms with E-state index in [9.17, 15) is 19.7 Å². The second kappa shape index (κ2) is 8.82. The number of carbonyl (C=O) groups is 2. The van der Waals surface area contributed by atoms with Crippen molar-refractivity contribution in [3.05, 3.63) is 64.2 Å². The standard InChI is InChI=1S/C19H19N7O4/c1-11-4-2-5-12(8-11)22-18(20)25-19-23-15(17(28)24-19)10-16(27)21-13-6-3-7-14(9-13)26(29)30/h2-9,15H,10H2,1H3,(H,21,27)(H4,20,22,23,24,25,28). The molecule has 1 aliphatic heterocycles. The average Bonchev–Trinajstić information content (AvgIpc) is 3.00. The summed E-state index contributed by atoms with van der Waals surface area (Å²) in [5.74, 6) is -0.992. The Morgan fingerprint density at radius 3 is 2.63 bits per heavy atom. The van der Waals surface area contributed by atoms with Gasteiger partial charge in [-0.1, -0.05) is 18.2 Å². The number of aryl methyl sites for hydroxylation is 1. The maximum atomic E-state index is 12.2. The molecular weight excluding hydrogens is 390 g/mol. The molecule has 0 saturated carbocycles. The van der Waals surface area contributed by atoms with Gasteiger partial charge >= 0.3 is 0 Å². The van der Waals surface area contributed by atoms with E-state index in [4.69, 9.17) is 5.73 Å². The number of rotatable bonds is 5. The van der Waals surface area contributed by atoms with Gasteiger partial charge in [0.25, 0.3) is 11.6 Å². The molecule has 0 aliphatic carbocycles. The first-order valence-corrected chi connectivity index (χ1v) is 8.91. The van der Waals surface area contributed by atoms with Crippen LogP contribution in [0.1, 0.15) is 12.0 Å². The van der Waals surface area contributed by atoms with Gasteiger partial charge in [-0.2, -0.15) is 4.99 Å². The first-order valence-electron chi connectivity index (χ1n) is 8.91. The number of nitrogens with two attached hydrogens (primary N) is 1. The lowest BCUT2D eigenvalue weighted by molar-refractivity contribution is -0.384. The first-order chi connectivity index (χ1) is 14.3. The molecule has 0 radical (unpaired) electrons. The topological polar surface area (TPSA) is 164 Å². The van der Waals surface area contributed by atoms with Gasteiger partial charge in [-0.3, -0.25) is 25.0 Å². The van der Waals surface area contributed by atoms with Crippen molar-refractivity contribution in [3.63, 3.8) is 0 Å². The van der Waals surface area contributed by atoms with E-state index in [0.29, 0.717) is 0 Å². The normalized spacial score (nSPS) is 15.9. The van der Waals surface area contributed by atoms with Crippen molar-refractivity contribution in [2.24, 2.45) is 15.7 Å². The highest BCUT2D eigenvalue weighted by atomic mass is 16.6. The van der Waals surface area contributed by atoms with Crippen molar-refractivity contribution in [1.29, 1.82) is 0 Å². The van der Waals surface area contributed by atoms with Crippen molar-refractivity contribution in [1.82, 2.24) is 5.32 Å². The van der Waals surface area contributed by atoms with E-state index in [-0.39, 0.29) is 29.7 Å². The predicted molar refractivity (Wildman–Crippen MR) is 112 cm³/mol. The number of nitro groups is 1. The molecule has 30 heavy (non-hydrogen) atoms.